The largest absolute Gasteiger partial charge is 0.465 e. The highest BCUT2D eigenvalue weighted by Gasteiger charge is 2.89. The Labute approximate surface area is 203 Å². The normalized spacial score (nSPS) is 13.6. The minimum Gasteiger partial charge on any atom is -0.465 e. The van der Waals surface area contributed by atoms with Crippen molar-refractivity contribution in [2.45, 2.75) is 43.0 Å². The van der Waals surface area contributed by atoms with E-state index in [9.17, 15) is 62.3 Å². The Morgan fingerprint density at radius 1 is 0.865 bits per heavy atom. The number of carbonyl (C=O) groups is 2. The molecular formula is C20H13F12NO3S. The Hall–Kier alpha value is -2.98. The van der Waals surface area contributed by atoms with Crippen molar-refractivity contribution in [2.24, 2.45) is 0 Å². The molecule has 0 saturated heterocycles. The van der Waals surface area contributed by atoms with Crippen molar-refractivity contribution in [1.82, 2.24) is 0 Å². The highest BCUT2D eigenvalue weighted by atomic mass is 32.1. The van der Waals surface area contributed by atoms with Crippen molar-refractivity contribution in [1.29, 1.82) is 0 Å². The molecule has 2 rings (SSSR count). The first-order valence-electron chi connectivity index (χ1n) is 9.44. The van der Waals surface area contributed by atoms with Crippen molar-refractivity contribution in [3.05, 3.63) is 40.8 Å². The van der Waals surface area contributed by atoms with Gasteiger partial charge in [-0.3, -0.25) is 4.79 Å². The fraction of sp³-hybridized carbons (Fsp3) is 0.400. The van der Waals surface area contributed by atoms with E-state index in [1.54, 1.807) is 6.92 Å². The highest BCUT2D eigenvalue weighted by Crippen LogP contribution is 2.58. The van der Waals surface area contributed by atoms with Crippen LogP contribution in [0.5, 0.6) is 0 Å². The van der Waals surface area contributed by atoms with Gasteiger partial charge in [0.25, 0.3) is 0 Å². The first-order chi connectivity index (χ1) is 16.7. The number of hydrogen-bond donors (Lipinski definition) is 1. The molecule has 2 aromatic rings. The van der Waals surface area contributed by atoms with E-state index >= 15 is 0 Å². The molecule has 0 atom stereocenters. The lowest BCUT2D eigenvalue weighted by molar-refractivity contribution is -0.406. The van der Waals surface area contributed by atoms with Crippen LogP contribution in [0.4, 0.5) is 57.7 Å². The number of thiophene rings is 1. The molecule has 0 aliphatic rings. The van der Waals surface area contributed by atoms with Crippen LogP contribution in [-0.4, -0.2) is 55.0 Å². The third-order valence-electron chi connectivity index (χ3n) is 4.93. The van der Waals surface area contributed by atoms with Crippen LogP contribution in [-0.2, 0) is 9.53 Å². The Kier molecular flexibility index (Phi) is 7.94. The van der Waals surface area contributed by atoms with Gasteiger partial charge in [-0.05, 0) is 12.5 Å². The van der Waals surface area contributed by atoms with Gasteiger partial charge in [-0.1, -0.05) is 29.8 Å². The molecule has 206 valence electrons. The van der Waals surface area contributed by atoms with Crippen molar-refractivity contribution in [3.63, 3.8) is 0 Å². The molecule has 0 radical (unpaired) electrons. The summed E-state index contributed by atoms with van der Waals surface area (Å²) in [6.07, 6.45) is -5.67. The van der Waals surface area contributed by atoms with Crippen molar-refractivity contribution in [3.8, 4) is 11.1 Å². The minimum atomic E-state index is -7.87. The van der Waals surface area contributed by atoms with Gasteiger partial charge in [-0.2, -0.15) is 43.9 Å². The first-order valence-corrected chi connectivity index (χ1v) is 10.3. The third-order valence-corrected chi connectivity index (χ3v) is 5.83. The average Bonchev–Trinajstić information content (AvgIpc) is 3.21. The lowest BCUT2D eigenvalue weighted by Gasteiger charge is -2.38. The maximum absolute atomic E-state index is 14.2. The van der Waals surface area contributed by atoms with Gasteiger partial charge in [0.2, 0.25) is 0 Å². The zero-order chi connectivity index (χ0) is 28.8. The third kappa shape index (κ3) is 4.72. The van der Waals surface area contributed by atoms with Gasteiger partial charge in [-0.15, -0.1) is 11.3 Å². The van der Waals surface area contributed by atoms with E-state index in [2.05, 4.69) is 4.74 Å². The fourth-order valence-electron chi connectivity index (χ4n) is 2.77. The van der Waals surface area contributed by atoms with E-state index < -0.39 is 58.5 Å². The second-order valence-electron chi connectivity index (χ2n) is 7.39. The molecule has 1 aromatic heterocycles. The first kappa shape index (κ1) is 30.2. The molecule has 0 unspecified atom stereocenters. The number of benzene rings is 1. The molecule has 17 heteroatoms. The van der Waals surface area contributed by atoms with Crippen LogP contribution < -0.4 is 5.32 Å². The van der Waals surface area contributed by atoms with Crippen LogP contribution in [0.15, 0.2) is 29.6 Å². The Morgan fingerprint density at radius 3 is 1.84 bits per heavy atom. The van der Waals surface area contributed by atoms with Gasteiger partial charge in [0.05, 0.1) is 7.11 Å². The zero-order valence-corrected chi connectivity index (χ0v) is 18.9. The number of esters is 1. The smallest absolute Gasteiger partial charge is 0.393 e. The second kappa shape index (κ2) is 9.72. The molecule has 0 spiro atoms. The number of rotatable bonds is 9. The summed E-state index contributed by atoms with van der Waals surface area (Å²) < 4.78 is 165. The number of anilines is 1. The maximum Gasteiger partial charge on any atom is 0.393 e. The second-order valence-corrected chi connectivity index (χ2v) is 8.27. The number of halogens is 12. The van der Waals surface area contributed by atoms with Gasteiger partial charge in [0.1, 0.15) is 10.6 Å². The summed E-state index contributed by atoms with van der Waals surface area (Å²) in [6, 6.07) is 5.87. The number of alkyl halides is 12. The summed E-state index contributed by atoms with van der Waals surface area (Å²) in [6.45, 7) is 1.67. The molecule has 0 bridgehead atoms. The Balaban J connectivity index is 2.53. The van der Waals surface area contributed by atoms with E-state index in [1.807, 2.05) is 0 Å². The standard InChI is InChI=1S/C20H13F12NO3S/c1-8-3-5-9(6-4-8)10-7-37-12(11(10)13(34)36-2)33-15(35)17(25,26)19(29,30)20(31,32)18(27,28)16(23,24)14(21)22/h3-7,14H,1-2H3,(H,33,35). The zero-order valence-electron chi connectivity index (χ0n) is 18.1. The number of hydrogen-bond acceptors (Lipinski definition) is 4. The highest BCUT2D eigenvalue weighted by molar-refractivity contribution is 7.15. The predicted octanol–water partition coefficient (Wildman–Crippen LogP) is 6.89. The van der Waals surface area contributed by atoms with E-state index in [4.69, 9.17) is 0 Å². The molecule has 0 aliphatic carbocycles. The number of amides is 1. The van der Waals surface area contributed by atoms with Crippen molar-refractivity contribution in [2.75, 3.05) is 12.4 Å². The molecular weight excluding hydrogens is 562 g/mol. The number of aryl methyl sites for hydroxylation is 1. The van der Waals surface area contributed by atoms with E-state index in [0.717, 1.165) is 23.4 Å². The fourth-order valence-corrected chi connectivity index (χ4v) is 3.72. The SMILES string of the molecule is COC(=O)c1c(-c2ccc(C)cc2)csc1NC(=O)C(F)(F)C(F)(F)C(F)(F)C(F)(F)C(F)(F)C(F)F. The van der Waals surface area contributed by atoms with Gasteiger partial charge in [0, 0.05) is 10.9 Å². The van der Waals surface area contributed by atoms with Gasteiger partial charge < -0.3 is 10.1 Å². The molecule has 1 aromatic carbocycles. The monoisotopic (exact) mass is 575 g/mol. The van der Waals surface area contributed by atoms with Crippen molar-refractivity contribution >= 4 is 28.2 Å². The summed E-state index contributed by atoms with van der Waals surface area (Å²) in [5.41, 5.74) is 0.0881. The number of methoxy groups -OCH3 is 1. The Morgan fingerprint density at radius 2 is 1.38 bits per heavy atom. The number of carbonyl (C=O) groups excluding carboxylic acids is 2. The minimum absolute atomic E-state index is 0.115. The molecule has 1 amide bonds. The van der Waals surface area contributed by atoms with Crippen LogP contribution >= 0.6 is 11.3 Å². The summed E-state index contributed by atoms with van der Waals surface area (Å²) in [7, 11) is 0.791. The van der Waals surface area contributed by atoms with E-state index in [1.165, 1.54) is 24.3 Å². The average molecular weight is 575 g/mol. The summed E-state index contributed by atoms with van der Waals surface area (Å²) in [5, 5.41) is 1.04. The Bertz CT molecular complexity index is 1160. The van der Waals surface area contributed by atoms with Crippen LogP contribution in [0.3, 0.4) is 0 Å². The van der Waals surface area contributed by atoms with Crippen molar-refractivity contribution < 1.29 is 67.0 Å². The molecule has 1 N–H and O–H groups in total. The van der Waals surface area contributed by atoms with Crippen LogP contribution in [0, 0.1) is 6.92 Å². The predicted molar refractivity (Wildman–Crippen MR) is 105 cm³/mol. The van der Waals surface area contributed by atoms with Crippen LogP contribution in [0.25, 0.3) is 11.1 Å². The summed E-state index contributed by atoms with van der Waals surface area (Å²) >= 11 is 0.229. The van der Waals surface area contributed by atoms with Gasteiger partial charge in [-0.25, -0.2) is 13.6 Å². The van der Waals surface area contributed by atoms with Crippen LogP contribution in [0.2, 0.25) is 0 Å². The summed E-state index contributed by atoms with van der Waals surface area (Å²) in [5.74, 6) is -42.1. The molecule has 4 nitrogen and oxygen atoms in total. The van der Waals surface area contributed by atoms with Gasteiger partial charge >= 0.3 is 47.9 Å². The quantitative estimate of drug-likeness (QED) is 0.262. The lowest BCUT2D eigenvalue weighted by Crippen LogP contribution is -2.70. The van der Waals surface area contributed by atoms with E-state index in [0.29, 0.717) is 0 Å². The van der Waals surface area contributed by atoms with Crippen LogP contribution in [0.1, 0.15) is 15.9 Å². The number of nitrogens with one attached hydrogen (secondary N) is 1. The number of ether oxygens (including phenoxy) is 1. The summed E-state index contributed by atoms with van der Waals surface area (Å²) in [4.78, 5) is 24.1. The topological polar surface area (TPSA) is 55.4 Å². The van der Waals surface area contributed by atoms with E-state index in [-0.39, 0.29) is 22.5 Å². The lowest BCUT2D eigenvalue weighted by atomic mass is 9.94. The van der Waals surface area contributed by atoms with Gasteiger partial charge in [0.15, 0.2) is 0 Å². The molecule has 0 aliphatic heterocycles. The molecule has 0 fully saturated rings. The molecule has 1 heterocycles. The molecule has 0 saturated carbocycles. The molecule has 37 heavy (non-hydrogen) atoms. The maximum atomic E-state index is 14.2.